The van der Waals surface area contributed by atoms with Crippen LogP contribution in [-0.4, -0.2) is 61.0 Å². The van der Waals surface area contributed by atoms with Crippen LogP contribution in [0.4, 0.5) is 11.4 Å². The summed E-state index contributed by atoms with van der Waals surface area (Å²) >= 11 is 0. The molecule has 2 aromatic heterocycles. The number of ether oxygens (including phenoxy) is 3. The van der Waals surface area contributed by atoms with Crippen molar-refractivity contribution in [1.29, 1.82) is 0 Å². The maximum absolute atomic E-state index is 13.0. The van der Waals surface area contributed by atoms with Gasteiger partial charge in [0.25, 0.3) is 5.91 Å². The predicted octanol–water partition coefficient (Wildman–Crippen LogP) is 4.02. The topological polar surface area (TPSA) is 104 Å². The number of hydrogen-bond acceptors (Lipinski definition) is 7. The molecular formula is C27H34N4O5. The molecule has 192 valence electrons. The molecule has 2 atom stereocenters. The Hall–Kier alpha value is -3.43. The molecule has 9 nitrogen and oxygen atoms in total. The molecule has 1 fully saturated rings. The van der Waals surface area contributed by atoms with Gasteiger partial charge in [0.2, 0.25) is 0 Å². The van der Waals surface area contributed by atoms with E-state index >= 15 is 0 Å². The Kier molecular flexibility index (Phi) is 8.56. The first-order valence-electron chi connectivity index (χ1n) is 12.3. The number of nitrogens with one attached hydrogen (secondary N) is 2. The van der Waals surface area contributed by atoms with Gasteiger partial charge < -0.3 is 29.4 Å². The van der Waals surface area contributed by atoms with Crippen LogP contribution in [0.3, 0.4) is 0 Å². The van der Waals surface area contributed by atoms with Crippen LogP contribution in [0.5, 0.6) is 0 Å². The van der Waals surface area contributed by atoms with Crippen LogP contribution >= 0.6 is 0 Å². The van der Waals surface area contributed by atoms with Crippen molar-refractivity contribution in [3.05, 3.63) is 53.9 Å². The predicted molar refractivity (Wildman–Crippen MR) is 138 cm³/mol. The Bertz CT molecular complexity index is 1190. The monoisotopic (exact) mass is 494 g/mol. The summed E-state index contributed by atoms with van der Waals surface area (Å²) in [5, 5.41) is 6.99. The van der Waals surface area contributed by atoms with Gasteiger partial charge in [0, 0.05) is 31.7 Å². The summed E-state index contributed by atoms with van der Waals surface area (Å²) in [5.41, 5.74) is 3.26. The lowest BCUT2D eigenvalue weighted by molar-refractivity contribution is -0.124. The standard InChI is InChI=1S/C27H34N4O5/c1-18(17-34-2)29-20-15-21-23(30-26(32)22-12-8-14-36-22)24(27(33)35-3)31(25(21)28-16-20)13-7-11-19-9-5-4-6-10-19/h4-6,9-10,15-16,18,22,29H,7-8,11-14,17H2,1-3H3,(H,30,32)/t18-,22-/m0/s1. The van der Waals surface area contributed by atoms with Gasteiger partial charge in [-0.25, -0.2) is 9.78 Å². The summed E-state index contributed by atoms with van der Waals surface area (Å²) in [6.07, 6.45) is 4.29. The third-order valence-corrected chi connectivity index (χ3v) is 6.27. The third kappa shape index (κ3) is 5.85. The number of pyridine rings is 1. The number of carbonyl (C=O) groups excluding carboxylic acids is 2. The minimum absolute atomic E-state index is 0.0483. The summed E-state index contributed by atoms with van der Waals surface area (Å²) in [7, 11) is 2.99. The second-order valence-electron chi connectivity index (χ2n) is 9.04. The van der Waals surface area contributed by atoms with E-state index in [0.717, 1.165) is 24.9 Å². The molecule has 0 unspecified atom stereocenters. The molecule has 0 spiro atoms. The first-order chi connectivity index (χ1) is 17.5. The molecule has 0 saturated carbocycles. The fraction of sp³-hybridized carbons (Fsp3) is 0.444. The highest BCUT2D eigenvalue weighted by atomic mass is 16.5. The molecular weight excluding hydrogens is 460 g/mol. The molecule has 3 aromatic rings. The first kappa shape index (κ1) is 25.7. The molecule has 0 bridgehead atoms. The second-order valence-corrected chi connectivity index (χ2v) is 9.04. The zero-order chi connectivity index (χ0) is 25.5. The quantitative estimate of drug-likeness (QED) is 0.388. The van der Waals surface area contributed by atoms with Crippen LogP contribution in [0.25, 0.3) is 11.0 Å². The number of anilines is 2. The van der Waals surface area contributed by atoms with Gasteiger partial charge in [-0.1, -0.05) is 30.3 Å². The van der Waals surface area contributed by atoms with Gasteiger partial charge in [-0.05, 0) is 44.2 Å². The van der Waals surface area contributed by atoms with Crippen molar-refractivity contribution in [2.24, 2.45) is 0 Å². The van der Waals surface area contributed by atoms with E-state index in [4.69, 9.17) is 19.2 Å². The van der Waals surface area contributed by atoms with Crippen LogP contribution in [-0.2, 0) is 32.0 Å². The Balaban J connectivity index is 1.73. The van der Waals surface area contributed by atoms with Gasteiger partial charge in [-0.2, -0.15) is 0 Å². The van der Waals surface area contributed by atoms with Crippen LogP contribution < -0.4 is 10.6 Å². The zero-order valence-electron chi connectivity index (χ0n) is 21.1. The van der Waals surface area contributed by atoms with Crippen LogP contribution in [0, 0.1) is 0 Å². The molecule has 0 aliphatic carbocycles. The lowest BCUT2D eigenvalue weighted by Gasteiger charge is -2.14. The lowest BCUT2D eigenvalue weighted by Crippen LogP contribution is -2.28. The van der Waals surface area contributed by atoms with Gasteiger partial charge in [0.15, 0.2) is 5.69 Å². The highest BCUT2D eigenvalue weighted by Crippen LogP contribution is 2.34. The van der Waals surface area contributed by atoms with E-state index in [2.05, 4.69) is 22.8 Å². The Labute approximate surface area is 211 Å². The van der Waals surface area contributed by atoms with Gasteiger partial charge >= 0.3 is 5.97 Å². The first-order valence-corrected chi connectivity index (χ1v) is 12.3. The number of carbonyl (C=O) groups is 2. The van der Waals surface area contributed by atoms with E-state index in [0.29, 0.717) is 42.9 Å². The highest BCUT2D eigenvalue weighted by Gasteiger charge is 2.30. The van der Waals surface area contributed by atoms with Gasteiger partial charge in [-0.15, -0.1) is 0 Å². The fourth-order valence-electron chi connectivity index (χ4n) is 4.61. The van der Waals surface area contributed by atoms with Crippen molar-refractivity contribution in [3.63, 3.8) is 0 Å². The smallest absolute Gasteiger partial charge is 0.356 e. The molecule has 1 saturated heterocycles. The van der Waals surface area contributed by atoms with E-state index < -0.39 is 12.1 Å². The minimum Gasteiger partial charge on any atom is -0.464 e. The van der Waals surface area contributed by atoms with Gasteiger partial charge in [0.1, 0.15) is 11.8 Å². The fourth-order valence-corrected chi connectivity index (χ4v) is 4.61. The van der Waals surface area contributed by atoms with Crippen molar-refractivity contribution >= 4 is 34.3 Å². The number of aromatic nitrogens is 2. The lowest BCUT2D eigenvalue weighted by atomic mass is 10.1. The van der Waals surface area contributed by atoms with Crippen LogP contribution in [0.15, 0.2) is 42.6 Å². The summed E-state index contributed by atoms with van der Waals surface area (Å²) in [5.74, 6) is -0.801. The summed E-state index contributed by atoms with van der Waals surface area (Å²) in [6, 6.07) is 12.1. The molecule has 9 heteroatoms. The molecule has 2 N–H and O–H groups in total. The van der Waals surface area contributed by atoms with E-state index in [1.54, 1.807) is 13.3 Å². The zero-order valence-corrected chi connectivity index (χ0v) is 21.1. The van der Waals surface area contributed by atoms with Crippen LogP contribution in [0.1, 0.15) is 42.2 Å². The maximum Gasteiger partial charge on any atom is 0.356 e. The number of methoxy groups -OCH3 is 2. The maximum atomic E-state index is 13.0. The number of hydrogen-bond donors (Lipinski definition) is 2. The molecule has 0 radical (unpaired) electrons. The average Bonchev–Trinajstić information content (AvgIpc) is 3.52. The van der Waals surface area contributed by atoms with Crippen molar-refractivity contribution < 1.29 is 23.8 Å². The number of esters is 1. The van der Waals surface area contributed by atoms with Crippen LogP contribution in [0.2, 0.25) is 0 Å². The molecule has 1 aromatic carbocycles. The van der Waals surface area contributed by atoms with Gasteiger partial charge in [0.05, 0.1) is 31.3 Å². The Morgan fingerprint density at radius 2 is 2.06 bits per heavy atom. The SMILES string of the molecule is COC[C@H](C)Nc1cnc2c(c1)c(NC(=O)[C@@H]1CCCO1)c(C(=O)OC)n2CCCc1ccccc1. The Morgan fingerprint density at radius 1 is 1.25 bits per heavy atom. The summed E-state index contributed by atoms with van der Waals surface area (Å²) in [6.45, 7) is 3.61. The van der Waals surface area contributed by atoms with Crippen molar-refractivity contribution in [1.82, 2.24) is 9.55 Å². The molecule has 1 aliphatic rings. The number of rotatable bonds is 11. The van der Waals surface area contributed by atoms with Crippen molar-refractivity contribution in [2.45, 2.75) is 51.3 Å². The summed E-state index contributed by atoms with van der Waals surface area (Å²) in [4.78, 5) is 30.7. The molecule has 3 heterocycles. The Morgan fingerprint density at radius 3 is 2.75 bits per heavy atom. The van der Waals surface area contributed by atoms with E-state index in [1.807, 2.05) is 35.8 Å². The number of amides is 1. The number of fused-ring (bicyclic) bond motifs is 1. The minimum atomic E-state index is -0.539. The molecule has 4 rings (SSSR count). The highest BCUT2D eigenvalue weighted by molar-refractivity contribution is 6.12. The van der Waals surface area contributed by atoms with Crippen molar-refractivity contribution in [3.8, 4) is 0 Å². The van der Waals surface area contributed by atoms with Crippen molar-refractivity contribution in [2.75, 3.05) is 38.1 Å². The second kappa shape index (κ2) is 12.0. The van der Waals surface area contributed by atoms with E-state index in [9.17, 15) is 9.59 Å². The number of benzene rings is 1. The molecule has 1 amide bonds. The number of nitrogens with zero attached hydrogens (tertiary/aromatic N) is 2. The largest absolute Gasteiger partial charge is 0.464 e. The van der Waals surface area contributed by atoms with Gasteiger partial charge in [-0.3, -0.25) is 4.79 Å². The third-order valence-electron chi connectivity index (χ3n) is 6.27. The average molecular weight is 495 g/mol. The normalized spacial score (nSPS) is 16.1. The molecule has 1 aliphatic heterocycles. The number of aryl methyl sites for hydroxylation is 2. The molecule has 36 heavy (non-hydrogen) atoms. The van der Waals surface area contributed by atoms with E-state index in [-0.39, 0.29) is 17.6 Å². The summed E-state index contributed by atoms with van der Waals surface area (Å²) < 4.78 is 17.8. The van der Waals surface area contributed by atoms with E-state index in [1.165, 1.54) is 12.7 Å².